The van der Waals surface area contributed by atoms with E-state index < -0.39 is 0 Å². The van der Waals surface area contributed by atoms with Crippen molar-refractivity contribution in [1.29, 1.82) is 0 Å². The molecule has 1 fully saturated rings. The molecule has 0 aliphatic carbocycles. The van der Waals surface area contributed by atoms with Gasteiger partial charge >= 0.3 is 0 Å². The van der Waals surface area contributed by atoms with E-state index in [1.54, 1.807) is 16.7 Å². The summed E-state index contributed by atoms with van der Waals surface area (Å²) in [6.45, 7) is 4.57. The number of aromatic nitrogens is 5. The van der Waals surface area contributed by atoms with Gasteiger partial charge in [-0.1, -0.05) is 0 Å². The number of aromatic amines is 1. The minimum atomic E-state index is -0.153. The number of aryl methyl sites for hydroxylation is 1. The molecule has 0 saturated carbocycles. The van der Waals surface area contributed by atoms with Gasteiger partial charge in [-0.3, -0.25) is 19.2 Å². The summed E-state index contributed by atoms with van der Waals surface area (Å²) in [5.41, 5.74) is 0.741. The van der Waals surface area contributed by atoms with Crippen LogP contribution in [0.2, 0.25) is 0 Å². The number of hydrogen-bond donors (Lipinski definition) is 1. The Balaban J connectivity index is 1.52. The van der Waals surface area contributed by atoms with Crippen molar-refractivity contribution in [2.24, 2.45) is 0 Å². The van der Waals surface area contributed by atoms with Crippen LogP contribution in [0.25, 0.3) is 4.96 Å². The summed E-state index contributed by atoms with van der Waals surface area (Å²) in [7, 11) is 0. The minimum Gasteiger partial charge on any atom is -0.367 e. The van der Waals surface area contributed by atoms with Gasteiger partial charge in [-0.25, -0.2) is 9.97 Å². The van der Waals surface area contributed by atoms with Crippen LogP contribution in [-0.2, 0) is 11.3 Å². The van der Waals surface area contributed by atoms with Gasteiger partial charge in [0, 0.05) is 37.3 Å². The molecule has 3 aromatic heterocycles. The fourth-order valence-electron chi connectivity index (χ4n) is 2.70. The molecule has 0 unspecified atom stereocenters. The average molecular weight is 332 g/mol. The molecule has 1 aliphatic rings. The molecule has 120 valence electrons. The van der Waals surface area contributed by atoms with Crippen LogP contribution in [0, 0.1) is 6.92 Å². The number of fused-ring (bicyclic) bond motifs is 1. The molecule has 23 heavy (non-hydrogen) atoms. The summed E-state index contributed by atoms with van der Waals surface area (Å²) in [5, 5.41) is 8.88. The molecule has 1 N–H and O–H groups in total. The van der Waals surface area contributed by atoms with Crippen molar-refractivity contribution in [3.8, 4) is 0 Å². The molecular weight excluding hydrogens is 316 g/mol. The highest BCUT2D eigenvalue weighted by Crippen LogP contribution is 2.20. The normalized spacial score (nSPS) is 19.4. The van der Waals surface area contributed by atoms with Crippen molar-refractivity contribution in [3.05, 3.63) is 45.3 Å². The first-order valence-corrected chi connectivity index (χ1v) is 8.25. The van der Waals surface area contributed by atoms with E-state index >= 15 is 0 Å². The zero-order valence-corrected chi connectivity index (χ0v) is 13.4. The Kier molecular flexibility index (Phi) is 3.68. The molecule has 4 heterocycles. The van der Waals surface area contributed by atoms with Crippen LogP contribution >= 0.6 is 11.3 Å². The second-order valence-corrected chi connectivity index (χ2v) is 6.39. The third-order valence-electron chi connectivity index (χ3n) is 3.79. The van der Waals surface area contributed by atoms with Gasteiger partial charge in [0.2, 0.25) is 0 Å². The van der Waals surface area contributed by atoms with Crippen LogP contribution in [0.3, 0.4) is 0 Å². The number of H-pyrrole nitrogens is 1. The maximum atomic E-state index is 12.1. The zero-order chi connectivity index (χ0) is 15.8. The van der Waals surface area contributed by atoms with Gasteiger partial charge in [-0.2, -0.15) is 5.10 Å². The molecule has 1 saturated heterocycles. The van der Waals surface area contributed by atoms with Gasteiger partial charge in [0.1, 0.15) is 11.9 Å². The maximum Gasteiger partial charge on any atom is 0.258 e. The van der Waals surface area contributed by atoms with Crippen molar-refractivity contribution in [1.82, 2.24) is 29.5 Å². The zero-order valence-electron chi connectivity index (χ0n) is 12.6. The van der Waals surface area contributed by atoms with E-state index in [1.165, 1.54) is 11.3 Å². The third-order valence-corrected chi connectivity index (χ3v) is 4.55. The van der Waals surface area contributed by atoms with Gasteiger partial charge in [-0.05, 0) is 6.92 Å². The van der Waals surface area contributed by atoms with Crippen LogP contribution in [0.15, 0.2) is 22.4 Å². The van der Waals surface area contributed by atoms with E-state index in [9.17, 15) is 4.79 Å². The summed E-state index contributed by atoms with van der Waals surface area (Å²) >= 11 is 1.46. The third kappa shape index (κ3) is 2.90. The van der Waals surface area contributed by atoms with Crippen molar-refractivity contribution >= 4 is 16.3 Å². The van der Waals surface area contributed by atoms with Gasteiger partial charge in [0.05, 0.1) is 12.3 Å². The number of thiazole rings is 1. The van der Waals surface area contributed by atoms with Crippen molar-refractivity contribution in [3.63, 3.8) is 0 Å². The van der Waals surface area contributed by atoms with E-state index in [1.807, 2.05) is 12.3 Å². The Labute approximate surface area is 135 Å². The predicted molar refractivity (Wildman–Crippen MR) is 84.4 cm³/mol. The first-order valence-electron chi connectivity index (χ1n) is 7.38. The van der Waals surface area contributed by atoms with Gasteiger partial charge in [0.25, 0.3) is 5.56 Å². The molecule has 0 amide bonds. The van der Waals surface area contributed by atoms with E-state index in [4.69, 9.17) is 4.74 Å². The fraction of sp³-hybridized carbons (Fsp3) is 0.429. The maximum absolute atomic E-state index is 12.1. The first kappa shape index (κ1) is 14.5. The molecule has 9 heteroatoms. The fourth-order valence-corrected chi connectivity index (χ4v) is 3.44. The van der Waals surface area contributed by atoms with E-state index in [0.29, 0.717) is 25.5 Å². The summed E-state index contributed by atoms with van der Waals surface area (Å²) in [6.07, 6.45) is 1.59. The van der Waals surface area contributed by atoms with Crippen molar-refractivity contribution < 1.29 is 4.74 Å². The lowest BCUT2D eigenvalue weighted by molar-refractivity contribution is -0.0374. The monoisotopic (exact) mass is 332 g/mol. The second-order valence-electron chi connectivity index (χ2n) is 5.51. The lowest BCUT2D eigenvalue weighted by Gasteiger charge is -2.31. The molecule has 0 bridgehead atoms. The summed E-state index contributed by atoms with van der Waals surface area (Å²) in [4.78, 5) is 23.9. The van der Waals surface area contributed by atoms with Crippen molar-refractivity contribution in [2.75, 3.05) is 19.7 Å². The molecular formula is C14H16N6O2S. The quantitative estimate of drug-likeness (QED) is 0.762. The lowest BCUT2D eigenvalue weighted by Crippen LogP contribution is -2.38. The predicted octanol–water partition coefficient (Wildman–Crippen LogP) is 0.756. The van der Waals surface area contributed by atoms with E-state index in [0.717, 1.165) is 23.0 Å². The number of nitrogens with zero attached hydrogens (tertiary/aromatic N) is 5. The second kappa shape index (κ2) is 5.84. The minimum absolute atomic E-state index is 0.0411. The Bertz CT molecular complexity index is 885. The highest BCUT2D eigenvalue weighted by atomic mass is 32.1. The van der Waals surface area contributed by atoms with E-state index in [2.05, 4.69) is 25.1 Å². The summed E-state index contributed by atoms with van der Waals surface area (Å²) < 4.78 is 7.32. The van der Waals surface area contributed by atoms with Crippen LogP contribution in [0.5, 0.6) is 0 Å². The topological polar surface area (TPSA) is 88.4 Å². The van der Waals surface area contributed by atoms with Crippen LogP contribution in [0.1, 0.15) is 23.4 Å². The number of rotatable bonds is 3. The smallest absolute Gasteiger partial charge is 0.258 e. The van der Waals surface area contributed by atoms with Crippen LogP contribution in [-0.4, -0.2) is 49.2 Å². The molecule has 4 rings (SSSR count). The highest BCUT2D eigenvalue weighted by molar-refractivity contribution is 7.15. The molecule has 1 aliphatic heterocycles. The first-order chi connectivity index (χ1) is 11.2. The largest absolute Gasteiger partial charge is 0.367 e. The average Bonchev–Trinajstić information content (AvgIpc) is 3.16. The van der Waals surface area contributed by atoms with Crippen LogP contribution in [0.4, 0.5) is 0 Å². The summed E-state index contributed by atoms with van der Waals surface area (Å²) in [5.74, 6) is 1.45. The standard InChI is InChI=1S/C14H16N6O2S/c1-9-15-13(18-17-9)11-8-19(2-4-22-11)7-10-6-12(21)20-3-5-23-14(20)16-10/h3,5-6,11H,2,4,7-8H2,1H3,(H,15,17,18)/t11-/m1/s1. The molecule has 3 aromatic rings. The number of hydrogen-bond acceptors (Lipinski definition) is 7. The molecule has 0 aromatic carbocycles. The molecule has 0 spiro atoms. The lowest BCUT2D eigenvalue weighted by atomic mass is 10.2. The number of ether oxygens (including phenoxy) is 1. The molecule has 8 nitrogen and oxygen atoms in total. The number of morpholine rings is 1. The Morgan fingerprint density at radius 1 is 1.48 bits per heavy atom. The van der Waals surface area contributed by atoms with Gasteiger partial charge in [0.15, 0.2) is 10.8 Å². The summed E-state index contributed by atoms with van der Waals surface area (Å²) in [6, 6.07) is 1.60. The molecule has 1 atom stereocenters. The number of nitrogens with one attached hydrogen (secondary N) is 1. The highest BCUT2D eigenvalue weighted by Gasteiger charge is 2.25. The van der Waals surface area contributed by atoms with Gasteiger partial charge in [-0.15, -0.1) is 11.3 Å². The van der Waals surface area contributed by atoms with Crippen molar-refractivity contribution in [2.45, 2.75) is 19.6 Å². The SMILES string of the molecule is Cc1nc([C@H]2CN(Cc3cc(=O)n4ccsc4n3)CCO2)n[nH]1. The Morgan fingerprint density at radius 3 is 3.22 bits per heavy atom. The van der Waals surface area contributed by atoms with E-state index in [-0.39, 0.29) is 11.7 Å². The Hall–Kier alpha value is -2.10. The van der Waals surface area contributed by atoms with Crippen LogP contribution < -0.4 is 5.56 Å². The Morgan fingerprint density at radius 2 is 2.39 bits per heavy atom. The molecule has 0 radical (unpaired) electrons. The van der Waals surface area contributed by atoms with Gasteiger partial charge < -0.3 is 4.74 Å².